The zero-order valence-corrected chi connectivity index (χ0v) is 16.0. The summed E-state index contributed by atoms with van der Waals surface area (Å²) in [6.45, 7) is 1.74. The molecule has 0 bridgehead atoms. The molecule has 0 fully saturated rings. The number of nitro benzene ring substituents is 1. The molecular formula is C16H11ClFN3O4S2. The fraction of sp³-hybridized carbons (Fsp3) is 0.0625. The zero-order valence-electron chi connectivity index (χ0n) is 13.6. The first-order valence-corrected chi connectivity index (χ1v) is 10.1. The quantitative estimate of drug-likeness (QED) is 0.472. The molecule has 0 amide bonds. The number of aryl methyl sites for hydroxylation is 1. The van der Waals surface area contributed by atoms with E-state index in [1.807, 2.05) is 0 Å². The lowest BCUT2D eigenvalue weighted by molar-refractivity contribution is -0.387. The van der Waals surface area contributed by atoms with E-state index >= 15 is 0 Å². The maximum absolute atomic E-state index is 13.1. The van der Waals surface area contributed by atoms with Gasteiger partial charge in [-0.3, -0.25) is 14.8 Å². The Morgan fingerprint density at radius 2 is 1.89 bits per heavy atom. The van der Waals surface area contributed by atoms with Crippen LogP contribution in [0.4, 0.5) is 15.2 Å². The summed E-state index contributed by atoms with van der Waals surface area (Å²) >= 11 is 6.78. The van der Waals surface area contributed by atoms with Crippen molar-refractivity contribution in [1.29, 1.82) is 0 Å². The fourth-order valence-electron chi connectivity index (χ4n) is 2.35. The van der Waals surface area contributed by atoms with Crippen molar-refractivity contribution in [1.82, 2.24) is 4.98 Å². The van der Waals surface area contributed by atoms with Gasteiger partial charge in [-0.1, -0.05) is 11.6 Å². The first-order chi connectivity index (χ1) is 12.7. The van der Waals surface area contributed by atoms with Crippen LogP contribution in [0.1, 0.15) is 4.88 Å². The second kappa shape index (κ2) is 7.22. The molecule has 1 heterocycles. The summed E-state index contributed by atoms with van der Waals surface area (Å²) in [5.74, 6) is -0.400. The third-order valence-electron chi connectivity index (χ3n) is 3.54. The summed E-state index contributed by atoms with van der Waals surface area (Å²) in [7, 11) is -4.26. The molecule has 140 valence electrons. The minimum Gasteiger partial charge on any atom is -0.258 e. The number of anilines is 1. The third-order valence-corrected chi connectivity index (χ3v) is 6.18. The number of hydrogen-bond donors (Lipinski definition) is 1. The fourth-order valence-corrected chi connectivity index (χ4v) is 4.74. The molecule has 1 N–H and O–H groups in total. The van der Waals surface area contributed by atoms with Gasteiger partial charge in [0, 0.05) is 21.5 Å². The molecule has 2 aromatic carbocycles. The minimum atomic E-state index is -4.26. The Kier molecular flexibility index (Phi) is 5.13. The smallest absolute Gasteiger partial charge is 0.258 e. The van der Waals surface area contributed by atoms with Crippen molar-refractivity contribution in [2.45, 2.75) is 11.8 Å². The predicted octanol–water partition coefficient (Wildman–Crippen LogP) is 4.62. The summed E-state index contributed by atoms with van der Waals surface area (Å²) in [5.41, 5.74) is 0.471. The van der Waals surface area contributed by atoms with Crippen LogP contribution in [0.15, 0.2) is 47.4 Å². The second-order valence-corrected chi connectivity index (χ2v) is 8.70. The first kappa shape index (κ1) is 19.2. The number of halogens is 2. The van der Waals surface area contributed by atoms with Crippen LogP contribution in [0, 0.1) is 22.9 Å². The second-order valence-electron chi connectivity index (χ2n) is 5.41. The normalized spacial score (nSPS) is 11.4. The lowest BCUT2D eigenvalue weighted by atomic mass is 10.1. The van der Waals surface area contributed by atoms with Gasteiger partial charge in [0.15, 0.2) is 10.0 Å². The number of rotatable bonds is 5. The number of nitrogens with one attached hydrogen (secondary N) is 1. The van der Waals surface area contributed by atoms with Crippen LogP contribution in [0.3, 0.4) is 0 Å². The van der Waals surface area contributed by atoms with Crippen LogP contribution in [0.25, 0.3) is 11.3 Å². The van der Waals surface area contributed by atoms with E-state index in [1.54, 1.807) is 6.92 Å². The summed E-state index contributed by atoms with van der Waals surface area (Å²) in [6, 6.07) is 8.88. The molecule has 27 heavy (non-hydrogen) atoms. The van der Waals surface area contributed by atoms with E-state index in [-0.39, 0.29) is 10.2 Å². The lowest BCUT2D eigenvalue weighted by Crippen LogP contribution is -2.14. The van der Waals surface area contributed by atoms with Gasteiger partial charge in [0.05, 0.1) is 10.6 Å². The van der Waals surface area contributed by atoms with Gasteiger partial charge in [-0.15, -0.1) is 11.3 Å². The summed E-state index contributed by atoms with van der Waals surface area (Å²) in [4.78, 5) is 14.7. The number of nitrogens with zero attached hydrogens (tertiary/aromatic N) is 2. The highest BCUT2D eigenvalue weighted by molar-refractivity contribution is 7.93. The summed E-state index contributed by atoms with van der Waals surface area (Å²) < 4.78 is 40.5. The zero-order chi connectivity index (χ0) is 19.8. The molecule has 0 spiro atoms. The topological polar surface area (TPSA) is 102 Å². The molecule has 0 unspecified atom stereocenters. The van der Waals surface area contributed by atoms with Gasteiger partial charge < -0.3 is 0 Å². The summed E-state index contributed by atoms with van der Waals surface area (Å²) in [6.07, 6.45) is 0. The number of aromatic nitrogens is 1. The molecule has 7 nitrogen and oxygen atoms in total. The van der Waals surface area contributed by atoms with Crippen LogP contribution < -0.4 is 4.72 Å². The molecule has 0 radical (unpaired) electrons. The van der Waals surface area contributed by atoms with Gasteiger partial charge in [-0.05, 0) is 43.3 Å². The highest BCUT2D eigenvalue weighted by Crippen LogP contribution is 2.33. The van der Waals surface area contributed by atoms with Crippen molar-refractivity contribution >= 4 is 43.8 Å². The third kappa shape index (κ3) is 4.07. The van der Waals surface area contributed by atoms with Crippen molar-refractivity contribution < 1.29 is 17.7 Å². The number of benzene rings is 2. The van der Waals surface area contributed by atoms with E-state index in [4.69, 9.17) is 11.6 Å². The number of sulfonamides is 1. The van der Waals surface area contributed by atoms with Gasteiger partial charge in [0.1, 0.15) is 5.82 Å². The van der Waals surface area contributed by atoms with Crippen LogP contribution in [-0.2, 0) is 10.0 Å². The van der Waals surface area contributed by atoms with E-state index in [9.17, 15) is 22.9 Å². The van der Waals surface area contributed by atoms with Gasteiger partial charge in [0.2, 0.25) is 0 Å². The van der Waals surface area contributed by atoms with Crippen molar-refractivity contribution in [3.05, 3.63) is 68.3 Å². The van der Waals surface area contributed by atoms with E-state index in [0.717, 1.165) is 23.5 Å². The maximum atomic E-state index is 13.1. The van der Waals surface area contributed by atoms with Crippen molar-refractivity contribution in [2.24, 2.45) is 0 Å². The van der Waals surface area contributed by atoms with Gasteiger partial charge in [-0.25, -0.2) is 17.8 Å². The Morgan fingerprint density at radius 1 is 1.22 bits per heavy atom. The first-order valence-electron chi connectivity index (χ1n) is 7.37. The molecule has 11 heteroatoms. The SMILES string of the molecule is Cc1sc(NS(=O)(=O)c2ccc(Cl)cc2[N+](=O)[O-])nc1-c1ccc(F)cc1. The van der Waals surface area contributed by atoms with Crippen molar-refractivity contribution in [3.63, 3.8) is 0 Å². The van der Waals surface area contributed by atoms with Gasteiger partial charge in [-0.2, -0.15) is 0 Å². The predicted molar refractivity (Wildman–Crippen MR) is 101 cm³/mol. The molecule has 0 saturated heterocycles. The average molecular weight is 428 g/mol. The highest BCUT2D eigenvalue weighted by atomic mass is 35.5. The molecule has 0 aliphatic carbocycles. The summed E-state index contributed by atoms with van der Waals surface area (Å²) in [5, 5.41) is 11.2. The van der Waals surface area contributed by atoms with E-state index in [1.165, 1.54) is 30.3 Å². The van der Waals surface area contributed by atoms with Crippen LogP contribution >= 0.6 is 22.9 Å². The Morgan fingerprint density at radius 3 is 2.52 bits per heavy atom. The molecule has 1 aromatic heterocycles. The molecule has 0 aliphatic rings. The number of thiazole rings is 1. The van der Waals surface area contributed by atoms with Crippen molar-refractivity contribution in [2.75, 3.05) is 4.72 Å². The molecular weight excluding hydrogens is 417 g/mol. The molecule has 0 aliphatic heterocycles. The maximum Gasteiger partial charge on any atom is 0.291 e. The number of nitro groups is 1. The largest absolute Gasteiger partial charge is 0.291 e. The van der Waals surface area contributed by atoms with Gasteiger partial charge >= 0.3 is 0 Å². The van der Waals surface area contributed by atoms with E-state index in [2.05, 4.69) is 9.71 Å². The highest BCUT2D eigenvalue weighted by Gasteiger charge is 2.27. The Labute approximate surface area is 162 Å². The minimum absolute atomic E-state index is 0.0380. The van der Waals surface area contributed by atoms with Gasteiger partial charge in [0.25, 0.3) is 15.7 Å². The molecule has 0 saturated carbocycles. The van der Waals surface area contributed by atoms with Crippen LogP contribution in [-0.4, -0.2) is 18.3 Å². The number of hydrogen-bond acceptors (Lipinski definition) is 6. The molecule has 0 atom stereocenters. The van der Waals surface area contributed by atoms with Crippen molar-refractivity contribution in [3.8, 4) is 11.3 Å². The monoisotopic (exact) mass is 427 g/mol. The van der Waals surface area contributed by atoms with Crippen LogP contribution in [0.2, 0.25) is 5.02 Å². The van der Waals surface area contributed by atoms with Crippen LogP contribution in [0.5, 0.6) is 0 Å². The van der Waals surface area contributed by atoms with E-state index < -0.39 is 31.3 Å². The lowest BCUT2D eigenvalue weighted by Gasteiger charge is -2.06. The Balaban J connectivity index is 1.97. The van der Waals surface area contributed by atoms with E-state index in [0.29, 0.717) is 16.1 Å². The Hall–Kier alpha value is -2.56. The average Bonchev–Trinajstić information content (AvgIpc) is 2.94. The molecule has 3 rings (SSSR count). The molecule has 3 aromatic rings. The Bertz CT molecular complexity index is 1130. The standard InChI is InChI=1S/C16H11ClFN3O4S2/c1-9-15(10-2-5-12(18)6-3-10)19-16(26-9)20-27(24,25)14-7-4-11(17)8-13(14)21(22)23/h2-8H,1H3,(H,19,20).